The van der Waals surface area contributed by atoms with E-state index in [1.807, 2.05) is 14.4 Å². The first-order valence-electron chi connectivity index (χ1n) is 12.3. The number of aliphatic hydroxyl groups is 1. The van der Waals surface area contributed by atoms with Gasteiger partial charge >= 0.3 is 0 Å². The van der Waals surface area contributed by atoms with Gasteiger partial charge in [0, 0.05) is 1.43 Å². The SMILES string of the molecule is CC(=O)[C@@H](N)CCCCN.CC1(C)C2CC(O[B]CCCc3ccccc3)[C@](C)(O)C1C2.Cl.[HH]. The summed E-state index contributed by atoms with van der Waals surface area (Å²) in [6.45, 7) is 8.76. The molecule has 4 rings (SSSR count). The third-order valence-electron chi connectivity index (χ3n) is 7.71. The number of carbonyl (C=O) groups is 1. The van der Waals surface area contributed by atoms with E-state index < -0.39 is 5.60 Å². The number of halogens is 1. The molecule has 1 aromatic carbocycles. The summed E-state index contributed by atoms with van der Waals surface area (Å²) in [6.07, 6.45) is 7.93. The van der Waals surface area contributed by atoms with Crippen LogP contribution in [0, 0.1) is 17.3 Å². The first-order chi connectivity index (χ1) is 15.1. The van der Waals surface area contributed by atoms with Gasteiger partial charge in [0.15, 0.2) is 0 Å². The van der Waals surface area contributed by atoms with E-state index in [0.717, 1.165) is 51.3 Å². The standard InChI is InChI=1S/C19H28BO2.C7H16N2O.ClH.H2/c1-18(2)15-12-16(18)19(3,21)17(13-15)22-20-11-7-10-14-8-5-4-6-9-14;1-6(10)7(9)4-2-3-5-8;;/h4-6,8-9,15-17,21H,7,10-13H2,1-3H3;7H,2-5,8-9H2,1H3;2*1H/t15?,16?,17?,19-;7-;;/m10../s1. The van der Waals surface area contributed by atoms with Crippen LogP contribution < -0.4 is 11.5 Å². The van der Waals surface area contributed by atoms with Gasteiger partial charge in [0.2, 0.25) is 0 Å². The summed E-state index contributed by atoms with van der Waals surface area (Å²) >= 11 is 0. The van der Waals surface area contributed by atoms with E-state index >= 15 is 0 Å². The van der Waals surface area contributed by atoms with E-state index in [9.17, 15) is 9.90 Å². The molecule has 0 saturated heterocycles. The summed E-state index contributed by atoms with van der Waals surface area (Å²) in [5.41, 5.74) is 11.7. The van der Waals surface area contributed by atoms with Crippen LogP contribution in [0.4, 0.5) is 0 Å². The van der Waals surface area contributed by atoms with Crippen LogP contribution in [-0.4, -0.2) is 42.7 Å². The molecule has 33 heavy (non-hydrogen) atoms. The smallest absolute Gasteiger partial charge is 0.292 e. The topological polar surface area (TPSA) is 98.6 Å². The Labute approximate surface area is 209 Å². The van der Waals surface area contributed by atoms with Gasteiger partial charge in [-0.2, -0.15) is 0 Å². The normalized spacial score (nSPS) is 27.8. The van der Waals surface area contributed by atoms with Crippen molar-refractivity contribution in [3.8, 4) is 0 Å². The summed E-state index contributed by atoms with van der Waals surface area (Å²) in [4.78, 5) is 10.6. The van der Waals surface area contributed by atoms with Crippen LogP contribution in [-0.2, 0) is 15.9 Å². The molecule has 3 aliphatic carbocycles. The number of benzene rings is 1. The minimum atomic E-state index is -0.686. The second-order valence-electron chi connectivity index (χ2n) is 10.4. The van der Waals surface area contributed by atoms with Crippen molar-refractivity contribution in [2.24, 2.45) is 28.7 Å². The van der Waals surface area contributed by atoms with Crippen LogP contribution in [0.25, 0.3) is 0 Å². The number of hydrogen-bond acceptors (Lipinski definition) is 5. The zero-order valence-electron chi connectivity index (χ0n) is 21.0. The van der Waals surface area contributed by atoms with Crippen LogP contribution in [0.5, 0.6) is 0 Å². The van der Waals surface area contributed by atoms with Gasteiger partial charge in [-0.15, -0.1) is 12.4 Å². The molecule has 5 N–H and O–H groups in total. The van der Waals surface area contributed by atoms with Crippen LogP contribution in [0.2, 0.25) is 6.32 Å². The molecular weight excluding hydrogens is 435 g/mol. The average molecular weight is 482 g/mol. The van der Waals surface area contributed by atoms with E-state index in [0.29, 0.717) is 18.4 Å². The number of rotatable bonds is 11. The van der Waals surface area contributed by atoms with Gasteiger partial charge in [-0.3, -0.25) is 4.79 Å². The van der Waals surface area contributed by atoms with Gasteiger partial charge < -0.3 is 21.2 Å². The summed E-state index contributed by atoms with van der Waals surface area (Å²) in [5, 5.41) is 10.9. The number of carbonyl (C=O) groups excluding carboxylic acids is 1. The molecular formula is C26H47BClN2O3. The molecule has 3 fully saturated rings. The van der Waals surface area contributed by atoms with Crippen LogP contribution in [0.3, 0.4) is 0 Å². The van der Waals surface area contributed by atoms with Gasteiger partial charge in [-0.05, 0) is 75.3 Å². The zero-order valence-corrected chi connectivity index (χ0v) is 21.8. The predicted octanol–water partition coefficient (Wildman–Crippen LogP) is 4.56. The van der Waals surface area contributed by atoms with Gasteiger partial charge in [0.05, 0.1) is 17.7 Å². The van der Waals surface area contributed by atoms with Crippen molar-refractivity contribution in [1.82, 2.24) is 0 Å². The third-order valence-corrected chi connectivity index (χ3v) is 7.71. The molecule has 0 amide bonds. The van der Waals surface area contributed by atoms with Crippen molar-refractivity contribution < 1.29 is 16.0 Å². The van der Waals surface area contributed by atoms with Crippen molar-refractivity contribution >= 4 is 25.7 Å². The Bertz CT molecular complexity index is 709. The fraction of sp³-hybridized carbons (Fsp3) is 0.731. The minimum absolute atomic E-state index is 0. The molecule has 7 heteroatoms. The highest BCUT2D eigenvalue weighted by atomic mass is 35.5. The maximum absolute atomic E-state index is 10.9. The molecule has 5 atom stereocenters. The minimum Gasteiger partial charge on any atom is -0.435 e. The van der Waals surface area contributed by atoms with Crippen molar-refractivity contribution in [2.45, 2.75) is 96.7 Å². The predicted molar refractivity (Wildman–Crippen MR) is 142 cm³/mol. The second kappa shape index (κ2) is 13.8. The lowest BCUT2D eigenvalue weighted by Gasteiger charge is -2.65. The fourth-order valence-corrected chi connectivity index (χ4v) is 5.25. The average Bonchev–Trinajstić information content (AvgIpc) is 2.75. The second-order valence-corrected chi connectivity index (χ2v) is 10.4. The Balaban J connectivity index is 0.000000784. The lowest BCUT2D eigenvalue weighted by Crippen LogP contribution is -2.67. The van der Waals surface area contributed by atoms with E-state index in [2.05, 4.69) is 44.2 Å². The Hall–Kier alpha value is -0.915. The molecule has 2 bridgehead atoms. The molecule has 1 radical (unpaired) electrons. The molecule has 0 aromatic heterocycles. The highest BCUT2D eigenvalue weighted by Gasteiger charge is 2.62. The molecule has 5 nitrogen and oxygen atoms in total. The molecule has 3 unspecified atom stereocenters. The Morgan fingerprint density at radius 3 is 2.42 bits per heavy atom. The van der Waals surface area contributed by atoms with Crippen molar-refractivity contribution in [3.63, 3.8) is 0 Å². The third kappa shape index (κ3) is 8.36. The van der Waals surface area contributed by atoms with Gasteiger partial charge in [-0.25, -0.2) is 0 Å². The highest BCUT2D eigenvalue weighted by molar-refractivity contribution is 6.27. The summed E-state index contributed by atoms with van der Waals surface area (Å²) in [7, 11) is 1.93. The Morgan fingerprint density at radius 2 is 1.88 bits per heavy atom. The largest absolute Gasteiger partial charge is 0.435 e. The van der Waals surface area contributed by atoms with Gasteiger partial charge in [0.25, 0.3) is 7.48 Å². The quantitative estimate of drug-likeness (QED) is 0.318. The number of ketones is 1. The van der Waals surface area contributed by atoms with E-state index in [1.54, 1.807) is 0 Å². The first kappa shape index (κ1) is 30.1. The van der Waals surface area contributed by atoms with Crippen LogP contribution >= 0.6 is 12.4 Å². The first-order valence-corrected chi connectivity index (χ1v) is 12.3. The number of nitrogens with two attached hydrogens (primary N) is 2. The fourth-order valence-electron chi connectivity index (χ4n) is 5.25. The van der Waals surface area contributed by atoms with E-state index in [-0.39, 0.29) is 37.2 Å². The molecule has 189 valence electrons. The number of aryl methyl sites for hydroxylation is 1. The number of fused-ring (bicyclic) bond motifs is 2. The molecule has 0 heterocycles. The van der Waals surface area contributed by atoms with Crippen molar-refractivity contribution in [1.29, 1.82) is 0 Å². The van der Waals surface area contributed by atoms with Crippen LogP contribution in [0.15, 0.2) is 30.3 Å². The van der Waals surface area contributed by atoms with E-state index in [1.165, 1.54) is 12.5 Å². The molecule has 0 spiro atoms. The summed E-state index contributed by atoms with van der Waals surface area (Å²) in [5.74, 6) is 1.15. The van der Waals surface area contributed by atoms with Crippen molar-refractivity contribution in [3.05, 3.63) is 35.9 Å². The van der Waals surface area contributed by atoms with Gasteiger partial charge in [0.1, 0.15) is 5.78 Å². The maximum Gasteiger partial charge on any atom is 0.292 e. The molecule has 3 saturated carbocycles. The number of unbranched alkanes of at least 4 members (excludes halogenated alkanes) is 1. The van der Waals surface area contributed by atoms with Gasteiger partial charge in [-0.1, -0.05) is 63.3 Å². The van der Waals surface area contributed by atoms with Crippen LogP contribution in [0.1, 0.15) is 73.2 Å². The monoisotopic (exact) mass is 481 g/mol. The molecule has 0 aliphatic heterocycles. The zero-order chi connectivity index (χ0) is 23.8. The maximum atomic E-state index is 10.9. The van der Waals surface area contributed by atoms with E-state index in [4.69, 9.17) is 16.1 Å². The highest BCUT2D eigenvalue weighted by Crippen LogP contribution is 2.63. The summed E-state index contributed by atoms with van der Waals surface area (Å²) < 4.78 is 5.96. The number of Topliss-reactive ketones (excluding diaryl/α,β-unsaturated/α-hetero) is 1. The summed E-state index contributed by atoms with van der Waals surface area (Å²) in [6, 6.07) is 10.3. The molecule has 3 aliphatic rings. The lowest BCUT2D eigenvalue weighted by atomic mass is 9.43. The lowest BCUT2D eigenvalue weighted by molar-refractivity contribution is -0.238. The Kier molecular flexibility index (Phi) is 12.6. The van der Waals surface area contributed by atoms with Crippen molar-refractivity contribution in [2.75, 3.05) is 6.54 Å². The Morgan fingerprint density at radius 1 is 1.21 bits per heavy atom. The molecule has 1 aromatic rings. The number of hydrogen-bond donors (Lipinski definition) is 3.